The lowest BCUT2D eigenvalue weighted by atomic mass is 9.81. The molecule has 1 aromatic heterocycles. The molecular weight excluding hydrogens is 361 g/mol. The number of rotatable bonds is 5. The normalized spacial score (nSPS) is 18.1. The summed E-state index contributed by atoms with van der Waals surface area (Å²) in [4.78, 5) is 11.9. The molecule has 0 atom stereocenters. The number of aromatic nitrogens is 2. The summed E-state index contributed by atoms with van der Waals surface area (Å²) in [5, 5.41) is 3.22. The molecule has 25 heavy (non-hydrogen) atoms. The van der Waals surface area contributed by atoms with Crippen molar-refractivity contribution in [1.29, 1.82) is 0 Å². The van der Waals surface area contributed by atoms with Gasteiger partial charge >= 0.3 is 12.1 Å². The molecule has 1 aliphatic rings. The van der Waals surface area contributed by atoms with E-state index in [1.165, 1.54) is 6.92 Å². The third-order valence-electron chi connectivity index (χ3n) is 3.73. The standard InChI is InChI=1S/C14H15F7N2O2/c1-3-25-11(24)9-8(14(19,20)21)10(12(2,15)16)22-23(9)6-7-4-13(17,18)5-7/h7H,3-6H2,1-2H3. The summed E-state index contributed by atoms with van der Waals surface area (Å²) in [7, 11) is 0. The lowest BCUT2D eigenvalue weighted by molar-refractivity contribution is -0.142. The first-order valence-electron chi connectivity index (χ1n) is 7.37. The summed E-state index contributed by atoms with van der Waals surface area (Å²) >= 11 is 0. The summed E-state index contributed by atoms with van der Waals surface area (Å²) in [5.74, 6) is -9.20. The first-order valence-corrected chi connectivity index (χ1v) is 7.37. The highest BCUT2D eigenvalue weighted by molar-refractivity contribution is 5.90. The van der Waals surface area contributed by atoms with Crippen molar-refractivity contribution in [3.8, 4) is 0 Å². The van der Waals surface area contributed by atoms with Gasteiger partial charge in [-0.2, -0.15) is 27.1 Å². The van der Waals surface area contributed by atoms with Gasteiger partial charge in [0.2, 0.25) is 5.92 Å². The number of alkyl halides is 7. The van der Waals surface area contributed by atoms with Gasteiger partial charge in [-0.15, -0.1) is 0 Å². The highest BCUT2D eigenvalue weighted by Gasteiger charge is 2.50. The van der Waals surface area contributed by atoms with Gasteiger partial charge in [-0.3, -0.25) is 4.68 Å². The zero-order valence-corrected chi connectivity index (χ0v) is 13.3. The maximum Gasteiger partial charge on any atom is 0.420 e. The number of esters is 1. The summed E-state index contributed by atoms with van der Waals surface area (Å²) in [6.07, 6.45) is -6.53. The molecule has 0 bridgehead atoms. The summed E-state index contributed by atoms with van der Waals surface area (Å²) in [5.41, 5.74) is -4.72. The van der Waals surface area contributed by atoms with Crippen molar-refractivity contribution in [2.24, 2.45) is 5.92 Å². The second kappa shape index (κ2) is 6.17. The van der Waals surface area contributed by atoms with Gasteiger partial charge in [-0.1, -0.05) is 0 Å². The number of nitrogens with zero attached hydrogens (tertiary/aromatic N) is 2. The molecule has 0 N–H and O–H groups in total. The van der Waals surface area contributed by atoms with Crippen molar-refractivity contribution in [2.45, 2.75) is 51.3 Å². The maximum absolute atomic E-state index is 13.6. The molecule has 2 rings (SSSR count). The first-order chi connectivity index (χ1) is 11.3. The lowest BCUT2D eigenvalue weighted by Gasteiger charge is -2.34. The van der Waals surface area contributed by atoms with Gasteiger partial charge in [0.25, 0.3) is 5.92 Å². The maximum atomic E-state index is 13.6. The van der Waals surface area contributed by atoms with E-state index in [0.29, 0.717) is 4.68 Å². The van der Waals surface area contributed by atoms with Gasteiger partial charge in [0.15, 0.2) is 5.69 Å². The van der Waals surface area contributed by atoms with Gasteiger partial charge in [-0.05, 0) is 12.8 Å². The molecule has 11 heteroatoms. The monoisotopic (exact) mass is 376 g/mol. The number of carbonyl (C=O) groups excluding carboxylic acids is 1. The van der Waals surface area contributed by atoms with Gasteiger partial charge in [-0.25, -0.2) is 13.6 Å². The van der Waals surface area contributed by atoms with E-state index < -0.39 is 66.2 Å². The number of ether oxygens (including phenoxy) is 1. The average molecular weight is 376 g/mol. The fourth-order valence-corrected chi connectivity index (χ4v) is 2.74. The fourth-order valence-electron chi connectivity index (χ4n) is 2.74. The van der Waals surface area contributed by atoms with Gasteiger partial charge in [0.1, 0.15) is 11.3 Å². The van der Waals surface area contributed by atoms with Crippen LogP contribution in [0.25, 0.3) is 0 Å². The van der Waals surface area contributed by atoms with Crippen molar-refractivity contribution >= 4 is 5.97 Å². The van der Waals surface area contributed by atoms with Crippen LogP contribution in [0.15, 0.2) is 0 Å². The number of hydrogen-bond donors (Lipinski definition) is 0. The van der Waals surface area contributed by atoms with Crippen molar-refractivity contribution in [1.82, 2.24) is 9.78 Å². The molecule has 0 spiro atoms. The van der Waals surface area contributed by atoms with Crippen LogP contribution in [0.2, 0.25) is 0 Å². The van der Waals surface area contributed by atoms with Gasteiger partial charge in [0, 0.05) is 26.3 Å². The molecule has 1 heterocycles. The molecule has 142 valence electrons. The molecule has 0 aliphatic heterocycles. The van der Waals surface area contributed by atoms with Gasteiger partial charge < -0.3 is 4.74 Å². The predicted octanol–water partition coefficient (Wildman–Crippen LogP) is 4.24. The van der Waals surface area contributed by atoms with Crippen LogP contribution in [0.1, 0.15) is 48.4 Å². The topological polar surface area (TPSA) is 44.1 Å². The quantitative estimate of drug-likeness (QED) is 0.571. The summed E-state index contributed by atoms with van der Waals surface area (Å²) in [6.45, 7) is 0.735. The molecule has 0 amide bonds. The fraction of sp³-hybridized carbons (Fsp3) is 0.714. The van der Waals surface area contributed by atoms with E-state index >= 15 is 0 Å². The van der Waals surface area contributed by atoms with Crippen molar-refractivity contribution in [2.75, 3.05) is 6.61 Å². The Kier molecular flexibility index (Phi) is 4.81. The number of hydrogen-bond acceptors (Lipinski definition) is 3. The van der Waals surface area contributed by atoms with E-state index in [2.05, 4.69) is 9.84 Å². The molecule has 1 aromatic rings. The van der Waals surface area contributed by atoms with E-state index in [9.17, 15) is 35.5 Å². The largest absolute Gasteiger partial charge is 0.461 e. The van der Waals surface area contributed by atoms with E-state index in [0.717, 1.165) is 0 Å². The highest BCUT2D eigenvalue weighted by Crippen LogP contribution is 2.45. The van der Waals surface area contributed by atoms with E-state index in [1.54, 1.807) is 0 Å². The minimum Gasteiger partial charge on any atom is -0.461 e. The Balaban J connectivity index is 2.53. The molecule has 1 saturated carbocycles. The molecule has 0 radical (unpaired) electrons. The lowest BCUT2D eigenvalue weighted by Crippen LogP contribution is -2.38. The Bertz CT molecular complexity index is 653. The van der Waals surface area contributed by atoms with Crippen molar-refractivity contribution in [3.63, 3.8) is 0 Å². The predicted molar refractivity (Wildman–Crippen MR) is 70.4 cm³/mol. The summed E-state index contributed by atoms with van der Waals surface area (Å²) < 4.78 is 97.8. The second-order valence-electron chi connectivity index (χ2n) is 5.99. The van der Waals surface area contributed by atoms with Crippen LogP contribution in [-0.2, 0) is 23.4 Å². The van der Waals surface area contributed by atoms with Crippen LogP contribution in [0.5, 0.6) is 0 Å². The molecule has 1 fully saturated rings. The Morgan fingerprint density at radius 1 is 1.28 bits per heavy atom. The summed E-state index contributed by atoms with van der Waals surface area (Å²) in [6, 6.07) is 0. The van der Waals surface area contributed by atoms with Crippen LogP contribution in [0.4, 0.5) is 30.7 Å². The second-order valence-corrected chi connectivity index (χ2v) is 5.99. The van der Waals surface area contributed by atoms with Crippen molar-refractivity contribution in [3.05, 3.63) is 17.0 Å². The van der Waals surface area contributed by atoms with E-state index in [1.807, 2.05) is 0 Å². The van der Waals surface area contributed by atoms with Crippen LogP contribution in [0.3, 0.4) is 0 Å². The van der Waals surface area contributed by atoms with E-state index in [4.69, 9.17) is 0 Å². The van der Waals surface area contributed by atoms with Gasteiger partial charge in [0.05, 0.1) is 6.61 Å². The highest BCUT2D eigenvalue weighted by atomic mass is 19.4. The zero-order chi connectivity index (χ0) is 19.2. The smallest absolute Gasteiger partial charge is 0.420 e. The molecule has 1 aliphatic carbocycles. The third kappa shape index (κ3) is 4.06. The molecule has 4 nitrogen and oxygen atoms in total. The van der Waals surface area contributed by atoms with Crippen LogP contribution >= 0.6 is 0 Å². The third-order valence-corrected chi connectivity index (χ3v) is 3.73. The van der Waals surface area contributed by atoms with Crippen LogP contribution in [0, 0.1) is 5.92 Å². The Hall–Kier alpha value is -1.81. The Morgan fingerprint density at radius 2 is 1.84 bits per heavy atom. The Labute approximate surface area is 137 Å². The molecule has 0 unspecified atom stereocenters. The van der Waals surface area contributed by atoms with Crippen LogP contribution < -0.4 is 0 Å². The van der Waals surface area contributed by atoms with E-state index in [-0.39, 0.29) is 13.5 Å². The van der Waals surface area contributed by atoms with Crippen molar-refractivity contribution < 1.29 is 40.3 Å². The average Bonchev–Trinajstić information content (AvgIpc) is 2.76. The minimum absolute atomic E-state index is 0.210. The molecule has 0 saturated heterocycles. The SMILES string of the molecule is CCOC(=O)c1c(C(F)(F)F)c(C(C)(F)F)nn1CC1CC(F)(F)C1. The molecular formula is C14H15F7N2O2. The molecule has 0 aromatic carbocycles. The number of carbonyl (C=O) groups is 1. The first kappa shape index (κ1) is 19.5. The minimum atomic E-state index is -5.29. The Morgan fingerprint density at radius 3 is 2.24 bits per heavy atom. The van der Waals surface area contributed by atoms with Crippen LogP contribution in [-0.4, -0.2) is 28.3 Å². The number of halogens is 7. The zero-order valence-electron chi connectivity index (χ0n) is 13.3.